The highest BCUT2D eigenvalue weighted by Gasteiger charge is 2.15. The molecular formula is C23H24N6O2S. The number of nitrogens with zero attached hydrogens (tertiary/aromatic N) is 5. The van der Waals surface area contributed by atoms with E-state index in [2.05, 4.69) is 15.5 Å². The second-order valence-corrected chi connectivity index (χ2v) is 7.96. The van der Waals surface area contributed by atoms with E-state index in [1.807, 2.05) is 71.3 Å². The van der Waals surface area contributed by atoms with E-state index >= 15 is 0 Å². The fraction of sp³-hybridized carbons (Fsp3) is 0.217. The van der Waals surface area contributed by atoms with E-state index in [9.17, 15) is 4.79 Å². The molecule has 0 fully saturated rings. The molecule has 0 spiro atoms. The number of carbonyl (C=O) groups is 1. The van der Waals surface area contributed by atoms with Crippen LogP contribution in [0.3, 0.4) is 0 Å². The van der Waals surface area contributed by atoms with Gasteiger partial charge in [0, 0.05) is 31.9 Å². The zero-order chi connectivity index (χ0) is 22.2. The molecule has 0 aliphatic rings. The third-order valence-corrected chi connectivity index (χ3v) is 5.69. The lowest BCUT2D eigenvalue weighted by atomic mass is 10.2. The van der Waals surface area contributed by atoms with Gasteiger partial charge in [-0.05, 0) is 18.6 Å². The average molecular weight is 449 g/mol. The number of benzene rings is 2. The Kier molecular flexibility index (Phi) is 7.31. The molecule has 32 heavy (non-hydrogen) atoms. The van der Waals surface area contributed by atoms with Gasteiger partial charge in [0.1, 0.15) is 12.1 Å². The highest BCUT2D eigenvalue weighted by Crippen LogP contribution is 2.25. The molecule has 4 aromatic rings. The van der Waals surface area contributed by atoms with Crippen LogP contribution in [0.5, 0.6) is 0 Å². The zero-order valence-corrected chi connectivity index (χ0v) is 18.5. The molecule has 0 unspecified atom stereocenters. The predicted octanol–water partition coefficient (Wildman–Crippen LogP) is 3.90. The quantitative estimate of drug-likeness (QED) is 0.293. The first-order valence-electron chi connectivity index (χ1n) is 10.2. The van der Waals surface area contributed by atoms with Gasteiger partial charge in [0.25, 0.3) is 0 Å². The Labute approximate surface area is 190 Å². The van der Waals surface area contributed by atoms with Gasteiger partial charge in [-0.3, -0.25) is 4.79 Å². The number of amides is 1. The maximum atomic E-state index is 12.8. The van der Waals surface area contributed by atoms with Crippen molar-refractivity contribution in [1.29, 1.82) is 0 Å². The van der Waals surface area contributed by atoms with Crippen molar-refractivity contribution in [1.82, 2.24) is 24.5 Å². The molecule has 2 aromatic carbocycles. The first-order chi connectivity index (χ1) is 15.7. The fourth-order valence-corrected chi connectivity index (χ4v) is 3.93. The van der Waals surface area contributed by atoms with E-state index in [0.29, 0.717) is 17.6 Å². The topological polar surface area (TPSA) is 86.9 Å². The largest absolute Gasteiger partial charge is 0.385 e. The zero-order valence-electron chi connectivity index (χ0n) is 17.7. The first-order valence-corrected chi connectivity index (χ1v) is 11.2. The van der Waals surface area contributed by atoms with E-state index in [1.54, 1.807) is 18.1 Å². The summed E-state index contributed by atoms with van der Waals surface area (Å²) >= 11 is 1.35. The number of thioether (sulfide) groups is 1. The third kappa shape index (κ3) is 5.43. The van der Waals surface area contributed by atoms with Crippen molar-refractivity contribution >= 4 is 23.5 Å². The van der Waals surface area contributed by atoms with E-state index in [1.165, 1.54) is 11.8 Å². The molecule has 1 N–H and O–H groups in total. The smallest absolute Gasteiger partial charge is 0.236 e. The van der Waals surface area contributed by atoms with Crippen molar-refractivity contribution in [2.75, 3.05) is 24.8 Å². The lowest BCUT2D eigenvalue weighted by molar-refractivity contribution is -0.113. The molecule has 8 nitrogen and oxygen atoms in total. The van der Waals surface area contributed by atoms with Gasteiger partial charge in [-0.15, -0.1) is 10.2 Å². The average Bonchev–Trinajstić information content (AvgIpc) is 3.46. The van der Waals surface area contributed by atoms with Crippen LogP contribution in [-0.4, -0.2) is 49.9 Å². The molecule has 4 rings (SSSR count). The van der Waals surface area contributed by atoms with Gasteiger partial charge in [0.15, 0.2) is 5.16 Å². The summed E-state index contributed by atoms with van der Waals surface area (Å²) in [5, 5.41) is 16.5. The van der Waals surface area contributed by atoms with E-state index < -0.39 is 0 Å². The number of carbonyl (C=O) groups excluding carboxylic acids is 1. The van der Waals surface area contributed by atoms with Crippen LogP contribution in [0.4, 0.5) is 5.82 Å². The Hall–Kier alpha value is -3.43. The number of ether oxygens (including phenoxy) is 1. The Balaban J connectivity index is 1.48. The molecule has 2 heterocycles. The Bertz CT molecular complexity index is 1140. The second-order valence-electron chi connectivity index (χ2n) is 7.02. The Morgan fingerprint density at radius 1 is 1.09 bits per heavy atom. The van der Waals surface area contributed by atoms with Crippen molar-refractivity contribution in [2.45, 2.75) is 18.1 Å². The van der Waals surface area contributed by atoms with Gasteiger partial charge in [0.05, 0.1) is 17.1 Å². The molecule has 1 amide bonds. The van der Waals surface area contributed by atoms with Crippen molar-refractivity contribution in [2.24, 2.45) is 0 Å². The molecule has 164 valence electrons. The van der Waals surface area contributed by atoms with Crippen LogP contribution in [0.2, 0.25) is 0 Å². The summed E-state index contributed by atoms with van der Waals surface area (Å²) in [4.78, 5) is 12.8. The van der Waals surface area contributed by atoms with Gasteiger partial charge in [-0.1, -0.05) is 60.3 Å². The minimum atomic E-state index is -0.141. The standard InChI is InChI=1S/C23H24N6O2S/c1-31-14-8-13-28-17-24-26-23(28)32-16-22(30)25-21-15-20(18-9-4-2-5-10-18)27-29(21)19-11-6-3-7-12-19/h2-7,9-12,15,17H,8,13-14,16H2,1H3,(H,25,30). The molecule has 0 bridgehead atoms. The molecule has 0 saturated carbocycles. The maximum Gasteiger partial charge on any atom is 0.236 e. The number of nitrogens with one attached hydrogen (secondary N) is 1. The fourth-order valence-electron chi connectivity index (χ4n) is 3.18. The number of aromatic nitrogens is 5. The third-order valence-electron chi connectivity index (χ3n) is 4.71. The predicted molar refractivity (Wildman–Crippen MR) is 125 cm³/mol. The van der Waals surface area contributed by atoms with Crippen molar-refractivity contribution in [3.05, 3.63) is 73.1 Å². The number of aryl methyl sites for hydroxylation is 1. The van der Waals surface area contributed by atoms with Crippen LogP contribution < -0.4 is 5.32 Å². The summed E-state index contributed by atoms with van der Waals surface area (Å²) in [6.45, 7) is 1.40. The molecule has 0 atom stereocenters. The van der Waals surface area contributed by atoms with Gasteiger partial charge in [0.2, 0.25) is 5.91 Å². The molecule has 2 aromatic heterocycles. The molecule has 0 aliphatic carbocycles. The number of para-hydroxylation sites is 1. The second kappa shape index (κ2) is 10.7. The summed E-state index contributed by atoms with van der Waals surface area (Å²) in [5.41, 5.74) is 2.64. The van der Waals surface area contributed by atoms with Gasteiger partial charge >= 0.3 is 0 Å². The summed E-state index contributed by atoms with van der Waals surface area (Å²) in [7, 11) is 1.68. The van der Waals surface area contributed by atoms with E-state index in [4.69, 9.17) is 9.84 Å². The minimum Gasteiger partial charge on any atom is -0.385 e. The van der Waals surface area contributed by atoms with Crippen LogP contribution in [0.15, 0.2) is 78.2 Å². The van der Waals surface area contributed by atoms with Crippen molar-refractivity contribution in [3.63, 3.8) is 0 Å². The van der Waals surface area contributed by atoms with Crippen LogP contribution in [0.25, 0.3) is 16.9 Å². The summed E-state index contributed by atoms with van der Waals surface area (Å²) in [6.07, 6.45) is 2.53. The number of anilines is 1. The molecule has 0 saturated heterocycles. The summed E-state index contributed by atoms with van der Waals surface area (Å²) in [5.74, 6) is 0.684. The van der Waals surface area contributed by atoms with E-state index in [-0.39, 0.29) is 11.7 Å². The molecule has 0 aliphatic heterocycles. The monoisotopic (exact) mass is 448 g/mol. The van der Waals surface area contributed by atoms with Crippen LogP contribution >= 0.6 is 11.8 Å². The minimum absolute atomic E-state index is 0.141. The lowest BCUT2D eigenvalue weighted by Crippen LogP contribution is -2.17. The Morgan fingerprint density at radius 2 is 1.84 bits per heavy atom. The van der Waals surface area contributed by atoms with Crippen molar-refractivity contribution in [3.8, 4) is 16.9 Å². The number of rotatable bonds is 10. The first kappa shape index (κ1) is 21.8. The highest BCUT2D eigenvalue weighted by molar-refractivity contribution is 7.99. The van der Waals surface area contributed by atoms with Gasteiger partial charge in [-0.25, -0.2) is 4.68 Å². The van der Waals surface area contributed by atoms with E-state index in [0.717, 1.165) is 29.9 Å². The maximum absolute atomic E-state index is 12.8. The van der Waals surface area contributed by atoms with Crippen molar-refractivity contribution < 1.29 is 9.53 Å². The number of methoxy groups -OCH3 is 1. The van der Waals surface area contributed by atoms with Gasteiger partial charge in [-0.2, -0.15) is 5.10 Å². The SMILES string of the molecule is COCCCn1cnnc1SCC(=O)Nc1cc(-c2ccccc2)nn1-c1ccccc1. The number of hydrogen-bond acceptors (Lipinski definition) is 6. The molecular weight excluding hydrogens is 424 g/mol. The van der Waals surface area contributed by atoms with Gasteiger partial charge < -0.3 is 14.6 Å². The van der Waals surface area contributed by atoms with Crippen LogP contribution in [-0.2, 0) is 16.1 Å². The highest BCUT2D eigenvalue weighted by atomic mass is 32.2. The Morgan fingerprint density at radius 3 is 2.59 bits per heavy atom. The van der Waals surface area contributed by atoms with Crippen LogP contribution in [0.1, 0.15) is 6.42 Å². The summed E-state index contributed by atoms with van der Waals surface area (Å²) in [6, 6.07) is 21.5. The van der Waals surface area contributed by atoms with Crippen LogP contribution in [0, 0.1) is 0 Å². The molecule has 9 heteroatoms. The normalized spacial score (nSPS) is 10.9. The summed E-state index contributed by atoms with van der Waals surface area (Å²) < 4.78 is 8.77. The lowest BCUT2D eigenvalue weighted by Gasteiger charge is -2.09. The molecule has 0 radical (unpaired) electrons. The number of hydrogen-bond donors (Lipinski definition) is 1.